The lowest BCUT2D eigenvalue weighted by Gasteiger charge is -2.23. The molecule has 1 aromatic rings. The maximum Gasteiger partial charge on any atom is 0.256 e. The van der Waals surface area contributed by atoms with Crippen molar-refractivity contribution in [2.24, 2.45) is 12.8 Å². The monoisotopic (exact) mass is 238 g/mol. The number of nitrogens with zero attached hydrogens (tertiary/aromatic N) is 2. The zero-order valence-electron chi connectivity index (χ0n) is 10.2. The summed E-state index contributed by atoms with van der Waals surface area (Å²) in [7, 11) is 1.76. The molecule has 0 unspecified atom stereocenters. The number of rotatable bonds is 3. The molecular formula is C11H18N4O2. The standard InChI is InChI=1S/C11H18N4O2/c1-7-9(10(12)16)11(15(2)14-7)17-8-3-5-13-6-4-8/h8,13H,3-6H2,1-2H3,(H2,12,16). The van der Waals surface area contributed by atoms with Crippen LogP contribution in [0.5, 0.6) is 5.88 Å². The Kier molecular flexibility index (Phi) is 3.33. The van der Waals surface area contributed by atoms with Crippen LogP contribution in [0.4, 0.5) is 0 Å². The van der Waals surface area contributed by atoms with E-state index in [2.05, 4.69) is 10.4 Å². The van der Waals surface area contributed by atoms with Crippen molar-refractivity contribution in [3.05, 3.63) is 11.3 Å². The Morgan fingerprint density at radius 3 is 2.76 bits per heavy atom. The number of amides is 1. The van der Waals surface area contributed by atoms with Crippen LogP contribution < -0.4 is 15.8 Å². The van der Waals surface area contributed by atoms with E-state index in [1.54, 1.807) is 18.7 Å². The first-order chi connectivity index (χ1) is 8.09. The van der Waals surface area contributed by atoms with Crippen LogP contribution in [0.1, 0.15) is 28.9 Å². The molecule has 2 rings (SSSR count). The van der Waals surface area contributed by atoms with Crippen LogP contribution in [0.25, 0.3) is 0 Å². The number of carbonyl (C=O) groups is 1. The zero-order valence-corrected chi connectivity index (χ0v) is 10.2. The third-order valence-corrected chi connectivity index (χ3v) is 2.98. The summed E-state index contributed by atoms with van der Waals surface area (Å²) in [6.45, 7) is 3.64. The molecule has 0 spiro atoms. The zero-order chi connectivity index (χ0) is 12.4. The van der Waals surface area contributed by atoms with E-state index in [1.165, 1.54) is 0 Å². The molecule has 1 amide bonds. The highest BCUT2D eigenvalue weighted by atomic mass is 16.5. The predicted molar refractivity (Wildman–Crippen MR) is 63.0 cm³/mol. The van der Waals surface area contributed by atoms with Gasteiger partial charge in [0.05, 0.1) is 5.69 Å². The molecule has 17 heavy (non-hydrogen) atoms. The maximum atomic E-state index is 11.4. The summed E-state index contributed by atoms with van der Waals surface area (Å²) in [5, 5.41) is 7.44. The second kappa shape index (κ2) is 4.75. The van der Waals surface area contributed by atoms with E-state index in [1.807, 2.05) is 0 Å². The first-order valence-corrected chi connectivity index (χ1v) is 5.80. The molecule has 6 heteroatoms. The summed E-state index contributed by atoms with van der Waals surface area (Å²) in [6.07, 6.45) is 1.99. The van der Waals surface area contributed by atoms with Gasteiger partial charge in [-0.2, -0.15) is 5.10 Å². The molecule has 1 saturated heterocycles. The van der Waals surface area contributed by atoms with E-state index in [0.29, 0.717) is 17.1 Å². The molecule has 0 bridgehead atoms. The predicted octanol–water partition coefficient (Wildman–Crippen LogP) is -0.0418. The van der Waals surface area contributed by atoms with E-state index >= 15 is 0 Å². The van der Waals surface area contributed by atoms with E-state index in [4.69, 9.17) is 10.5 Å². The van der Waals surface area contributed by atoms with Crippen molar-refractivity contribution >= 4 is 5.91 Å². The lowest BCUT2D eigenvalue weighted by Crippen LogP contribution is -2.34. The second-order valence-corrected chi connectivity index (χ2v) is 4.32. The topological polar surface area (TPSA) is 82.2 Å². The molecule has 1 aliphatic heterocycles. The summed E-state index contributed by atoms with van der Waals surface area (Å²) in [5.41, 5.74) is 6.36. The summed E-state index contributed by atoms with van der Waals surface area (Å²) in [4.78, 5) is 11.4. The molecule has 0 aromatic carbocycles. The Morgan fingerprint density at radius 2 is 2.18 bits per heavy atom. The van der Waals surface area contributed by atoms with Crippen LogP contribution in [-0.2, 0) is 7.05 Å². The van der Waals surface area contributed by atoms with Gasteiger partial charge in [-0.05, 0) is 32.9 Å². The Morgan fingerprint density at radius 1 is 1.53 bits per heavy atom. The minimum atomic E-state index is -0.487. The van der Waals surface area contributed by atoms with Gasteiger partial charge in [0.1, 0.15) is 11.7 Å². The van der Waals surface area contributed by atoms with Crippen molar-refractivity contribution in [2.45, 2.75) is 25.9 Å². The molecule has 6 nitrogen and oxygen atoms in total. The normalized spacial score (nSPS) is 17.1. The largest absolute Gasteiger partial charge is 0.474 e. The lowest BCUT2D eigenvalue weighted by molar-refractivity contribution is 0.0985. The molecule has 0 saturated carbocycles. The van der Waals surface area contributed by atoms with Gasteiger partial charge in [-0.1, -0.05) is 0 Å². The fourth-order valence-electron chi connectivity index (χ4n) is 2.13. The van der Waals surface area contributed by atoms with E-state index < -0.39 is 5.91 Å². The minimum Gasteiger partial charge on any atom is -0.474 e. The van der Waals surface area contributed by atoms with Gasteiger partial charge in [-0.15, -0.1) is 0 Å². The molecule has 0 aliphatic carbocycles. The van der Waals surface area contributed by atoms with Crippen LogP contribution in [0, 0.1) is 6.92 Å². The second-order valence-electron chi connectivity index (χ2n) is 4.32. The molecule has 1 aromatic heterocycles. The van der Waals surface area contributed by atoms with Gasteiger partial charge < -0.3 is 15.8 Å². The molecule has 2 heterocycles. The highest BCUT2D eigenvalue weighted by Crippen LogP contribution is 2.23. The average Bonchev–Trinajstić information content (AvgIpc) is 2.55. The van der Waals surface area contributed by atoms with E-state index in [9.17, 15) is 4.79 Å². The Hall–Kier alpha value is -1.56. The molecule has 94 valence electrons. The molecule has 1 aliphatic rings. The van der Waals surface area contributed by atoms with E-state index in [-0.39, 0.29) is 6.10 Å². The number of ether oxygens (including phenoxy) is 1. The van der Waals surface area contributed by atoms with Crippen molar-refractivity contribution in [3.8, 4) is 5.88 Å². The highest BCUT2D eigenvalue weighted by Gasteiger charge is 2.23. The Bertz CT molecular complexity index is 421. The summed E-state index contributed by atoms with van der Waals surface area (Å²) < 4.78 is 7.44. The highest BCUT2D eigenvalue weighted by molar-refractivity contribution is 5.96. The van der Waals surface area contributed by atoms with Gasteiger partial charge in [-0.3, -0.25) is 4.79 Å². The number of aryl methyl sites for hydroxylation is 2. The molecule has 0 atom stereocenters. The summed E-state index contributed by atoms with van der Waals surface area (Å²) in [6, 6.07) is 0. The van der Waals surface area contributed by atoms with Gasteiger partial charge in [0.2, 0.25) is 5.88 Å². The van der Waals surface area contributed by atoms with E-state index in [0.717, 1.165) is 25.9 Å². The number of hydrogen-bond acceptors (Lipinski definition) is 4. The van der Waals surface area contributed by atoms with Gasteiger partial charge in [0, 0.05) is 7.05 Å². The number of hydrogen-bond donors (Lipinski definition) is 2. The molecule has 1 fully saturated rings. The van der Waals surface area contributed by atoms with Crippen LogP contribution in [0.2, 0.25) is 0 Å². The van der Waals surface area contributed by atoms with Gasteiger partial charge in [-0.25, -0.2) is 4.68 Å². The van der Waals surface area contributed by atoms with Crippen molar-refractivity contribution < 1.29 is 9.53 Å². The Balaban J connectivity index is 2.21. The first kappa shape index (κ1) is 11.9. The van der Waals surface area contributed by atoms with Crippen LogP contribution >= 0.6 is 0 Å². The smallest absolute Gasteiger partial charge is 0.256 e. The molecule has 0 radical (unpaired) electrons. The number of nitrogens with one attached hydrogen (secondary N) is 1. The molecule has 3 N–H and O–H groups in total. The first-order valence-electron chi connectivity index (χ1n) is 5.80. The third-order valence-electron chi connectivity index (χ3n) is 2.98. The van der Waals surface area contributed by atoms with Crippen molar-refractivity contribution in [1.82, 2.24) is 15.1 Å². The summed E-state index contributed by atoms with van der Waals surface area (Å²) in [5.74, 6) is 0.00133. The maximum absolute atomic E-state index is 11.4. The van der Waals surface area contributed by atoms with Crippen LogP contribution in [0.3, 0.4) is 0 Å². The summed E-state index contributed by atoms with van der Waals surface area (Å²) >= 11 is 0. The van der Waals surface area contributed by atoms with Crippen molar-refractivity contribution in [1.29, 1.82) is 0 Å². The van der Waals surface area contributed by atoms with Crippen molar-refractivity contribution in [3.63, 3.8) is 0 Å². The lowest BCUT2D eigenvalue weighted by atomic mass is 10.1. The fraction of sp³-hybridized carbons (Fsp3) is 0.636. The number of piperidine rings is 1. The SMILES string of the molecule is Cc1nn(C)c(OC2CCNCC2)c1C(N)=O. The third kappa shape index (κ3) is 2.41. The van der Waals surface area contributed by atoms with Crippen molar-refractivity contribution in [2.75, 3.05) is 13.1 Å². The quantitative estimate of drug-likeness (QED) is 0.774. The van der Waals surface area contributed by atoms with Crippen LogP contribution in [-0.4, -0.2) is 34.9 Å². The van der Waals surface area contributed by atoms with Gasteiger partial charge in [0.15, 0.2) is 0 Å². The van der Waals surface area contributed by atoms with Crippen LogP contribution in [0.15, 0.2) is 0 Å². The number of aromatic nitrogens is 2. The Labute approximate surface area is 100 Å². The van der Waals surface area contributed by atoms with Gasteiger partial charge in [0.25, 0.3) is 5.91 Å². The number of nitrogens with two attached hydrogens (primary N) is 1. The van der Waals surface area contributed by atoms with Gasteiger partial charge >= 0.3 is 0 Å². The fourth-order valence-corrected chi connectivity index (χ4v) is 2.13. The molecular weight excluding hydrogens is 220 g/mol. The average molecular weight is 238 g/mol. The number of primary amides is 1. The number of carbonyl (C=O) groups excluding carboxylic acids is 1. The minimum absolute atomic E-state index is 0.129.